The first-order chi connectivity index (χ1) is 10.7. The number of pyridine rings is 1. The molecule has 1 aromatic rings. The van der Waals surface area contributed by atoms with Gasteiger partial charge in [-0.05, 0) is 69.0 Å². The Morgan fingerprint density at radius 1 is 1.36 bits per heavy atom. The number of rotatable bonds is 8. The normalized spacial score (nSPS) is 26.9. The number of ether oxygens (including phenoxy) is 1. The van der Waals surface area contributed by atoms with E-state index < -0.39 is 0 Å². The van der Waals surface area contributed by atoms with Gasteiger partial charge in [-0.2, -0.15) is 0 Å². The minimum atomic E-state index is 0.303. The van der Waals surface area contributed by atoms with E-state index in [-0.39, 0.29) is 0 Å². The average molecular weight is 302 g/mol. The van der Waals surface area contributed by atoms with Crippen molar-refractivity contribution in [3.8, 4) is 5.75 Å². The molecule has 1 saturated heterocycles. The predicted molar refractivity (Wildman–Crippen MR) is 86.1 cm³/mol. The molecule has 0 aromatic carbocycles. The lowest BCUT2D eigenvalue weighted by atomic mass is 9.68. The maximum atomic E-state index is 11.1. The molecule has 4 heteroatoms. The summed E-state index contributed by atoms with van der Waals surface area (Å²) in [6, 6.07) is 2.67. The van der Waals surface area contributed by atoms with Gasteiger partial charge < -0.3 is 14.8 Å². The number of ketones is 1. The van der Waals surface area contributed by atoms with Crippen LogP contribution in [-0.4, -0.2) is 30.0 Å². The summed E-state index contributed by atoms with van der Waals surface area (Å²) in [5.41, 5.74) is 1.30. The van der Waals surface area contributed by atoms with E-state index in [9.17, 15) is 4.79 Å². The van der Waals surface area contributed by atoms with Crippen molar-refractivity contribution in [3.63, 3.8) is 0 Å². The summed E-state index contributed by atoms with van der Waals surface area (Å²) in [5, 5.41) is 3.34. The molecule has 3 atom stereocenters. The quantitative estimate of drug-likeness (QED) is 0.802. The molecule has 3 rings (SSSR count). The van der Waals surface area contributed by atoms with Gasteiger partial charge in [-0.1, -0.05) is 0 Å². The van der Waals surface area contributed by atoms with E-state index in [0.29, 0.717) is 23.7 Å². The highest BCUT2D eigenvalue weighted by Crippen LogP contribution is 2.45. The van der Waals surface area contributed by atoms with E-state index in [4.69, 9.17) is 4.74 Å². The van der Waals surface area contributed by atoms with Crippen molar-refractivity contribution in [3.05, 3.63) is 24.0 Å². The molecule has 1 aliphatic heterocycles. The lowest BCUT2D eigenvalue weighted by molar-refractivity contribution is -0.117. The molecular formula is C18H26N2O2. The van der Waals surface area contributed by atoms with Gasteiger partial charge in [0.25, 0.3) is 0 Å². The van der Waals surface area contributed by atoms with Crippen molar-refractivity contribution >= 4 is 5.78 Å². The Labute approximate surface area is 132 Å². The molecular weight excluding hydrogens is 276 g/mol. The van der Waals surface area contributed by atoms with Crippen molar-refractivity contribution < 1.29 is 9.53 Å². The number of hydrogen-bond acceptors (Lipinski definition) is 4. The molecule has 1 N–H and O–H groups in total. The number of aromatic nitrogens is 1. The Hall–Kier alpha value is -1.42. The first kappa shape index (κ1) is 15.5. The third-order valence-electron chi connectivity index (χ3n) is 5.06. The van der Waals surface area contributed by atoms with Gasteiger partial charge in [0.05, 0.1) is 6.20 Å². The van der Waals surface area contributed by atoms with Crippen LogP contribution in [0.1, 0.15) is 56.9 Å². The van der Waals surface area contributed by atoms with Gasteiger partial charge in [-0.3, -0.25) is 4.98 Å². The first-order valence-corrected chi connectivity index (χ1v) is 8.53. The maximum absolute atomic E-state index is 11.1. The second-order valence-corrected chi connectivity index (χ2v) is 6.74. The van der Waals surface area contributed by atoms with Crippen LogP contribution in [0.2, 0.25) is 0 Å². The fraction of sp³-hybridized carbons (Fsp3) is 0.667. The second-order valence-electron chi connectivity index (χ2n) is 6.74. The molecule has 2 heterocycles. The van der Waals surface area contributed by atoms with Gasteiger partial charge in [0, 0.05) is 18.7 Å². The molecule has 2 aliphatic rings. The lowest BCUT2D eigenvalue weighted by Crippen LogP contribution is -2.46. The highest BCUT2D eigenvalue weighted by molar-refractivity contribution is 5.75. The second kappa shape index (κ2) is 7.23. The van der Waals surface area contributed by atoms with E-state index in [1.54, 1.807) is 6.92 Å². The van der Waals surface area contributed by atoms with Gasteiger partial charge >= 0.3 is 0 Å². The summed E-state index contributed by atoms with van der Waals surface area (Å²) >= 11 is 0. The van der Waals surface area contributed by atoms with Crippen LogP contribution in [0.3, 0.4) is 0 Å². The first-order valence-electron chi connectivity index (χ1n) is 8.53. The number of nitrogens with one attached hydrogen (secondary N) is 1. The molecule has 0 amide bonds. The monoisotopic (exact) mass is 302 g/mol. The van der Waals surface area contributed by atoms with E-state index in [0.717, 1.165) is 38.2 Å². The zero-order chi connectivity index (χ0) is 15.4. The van der Waals surface area contributed by atoms with E-state index in [2.05, 4.69) is 16.4 Å². The molecule has 0 unspecified atom stereocenters. The molecule has 2 fully saturated rings. The Morgan fingerprint density at radius 3 is 2.86 bits per heavy atom. The van der Waals surface area contributed by atoms with E-state index in [1.165, 1.54) is 24.8 Å². The SMILES string of the molecule is CC(=O)CCC[C@H]1CC[C@@H]1c1cncc(OC[C@@H]2CCN2)c1. The van der Waals surface area contributed by atoms with Gasteiger partial charge in [0.15, 0.2) is 0 Å². The van der Waals surface area contributed by atoms with Crippen LogP contribution < -0.4 is 10.1 Å². The number of carbonyl (C=O) groups excluding carboxylic acids is 1. The summed E-state index contributed by atoms with van der Waals surface area (Å²) in [4.78, 5) is 15.4. The third-order valence-corrected chi connectivity index (χ3v) is 5.06. The minimum Gasteiger partial charge on any atom is -0.490 e. The Kier molecular flexibility index (Phi) is 5.08. The number of Topliss-reactive ketones (excluding diaryl/α,β-unsaturated/α-hetero) is 1. The minimum absolute atomic E-state index is 0.303. The molecule has 0 bridgehead atoms. The standard InChI is InChI=1S/C18H26N2O2/c1-13(21)3-2-4-14-5-6-18(14)15-9-17(11-19-10-15)22-12-16-7-8-20-16/h9-11,14,16,18,20H,2-8,12H2,1H3/t14-,16-,18-/m0/s1. The Morgan fingerprint density at radius 2 is 2.23 bits per heavy atom. The van der Waals surface area contributed by atoms with Gasteiger partial charge in [-0.15, -0.1) is 0 Å². The highest BCUT2D eigenvalue weighted by atomic mass is 16.5. The van der Waals surface area contributed by atoms with Crippen molar-refractivity contribution in [2.75, 3.05) is 13.2 Å². The zero-order valence-corrected chi connectivity index (χ0v) is 13.4. The number of hydrogen-bond donors (Lipinski definition) is 1. The third kappa shape index (κ3) is 3.86. The summed E-state index contributed by atoms with van der Waals surface area (Å²) in [7, 11) is 0. The molecule has 22 heavy (non-hydrogen) atoms. The molecule has 0 radical (unpaired) electrons. The number of carbonyl (C=O) groups is 1. The molecule has 120 valence electrons. The smallest absolute Gasteiger partial charge is 0.137 e. The van der Waals surface area contributed by atoms with Crippen LogP contribution >= 0.6 is 0 Å². The van der Waals surface area contributed by atoms with Crippen LogP contribution in [0.4, 0.5) is 0 Å². The fourth-order valence-corrected chi connectivity index (χ4v) is 3.37. The average Bonchev–Trinajstić information content (AvgIpc) is 2.41. The Bertz CT molecular complexity index is 514. The van der Waals surface area contributed by atoms with Crippen LogP contribution in [0.5, 0.6) is 5.75 Å². The zero-order valence-electron chi connectivity index (χ0n) is 13.4. The van der Waals surface area contributed by atoms with Gasteiger partial charge in [-0.25, -0.2) is 0 Å². The maximum Gasteiger partial charge on any atom is 0.137 e. The topological polar surface area (TPSA) is 51.2 Å². The van der Waals surface area contributed by atoms with Crippen molar-refractivity contribution in [1.29, 1.82) is 0 Å². The van der Waals surface area contributed by atoms with Crippen molar-refractivity contribution in [1.82, 2.24) is 10.3 Å². The molecule has 1 aliphatic carbocycles. The predicted octanol–water partition coefficient (Wildman–Crippen LogP) is 3.08. The molecule has 1 aromatic heterocycles. The van der Waals surface area contributed by atoms with Gasteiger partial charge in [0.2, 0.25) is 0 Å². The van der Waals surface area contributed by atoms with Crippen LogP contribution in [0.15, 0.2) is 18.5 Å². The summed E-state index contributed by atoms with van der Waals surface area (Å²) in [5.74, 6) is 2.51. The molecule has 4 nitrogen and oxygen atoms in total. The lowest BCUT2D eigenvalue weighted by Gasteiger charge is -2.37. The number of nitrogens with zero attached hydrogens (tertiary/aromatic N) is 1. The van der Waals surface area contributed by atoms with Crippen LogP contribution in [0.25, 0.3) is 0 Å². The summed E-state index contributed by atoms with van der Waals surface area (Å²) in [6.45, 7) is 3.52. The highest BCUT2D eigenvalue weighted by Gasteiger charge is 2.32. The Balaban J connectivity index is 1.51. The fourth-order valence-electron chi connectivity index (χ4n) is 3.37. The molecule has 0 spiro atoms. The van der Waals surface area contributed by atoms with Gasteiger partial charge in [0.1, 0.15) is 18.1 Å². The summed E-state index contributed by atoms with van der Waals surface area (Å²) < 4.78 is 5.85. The van der Waals surface area contributed by atoms with Crippen LogP contribution in [0, 0.1) is 5.92 Å². The largest absolute Gasteiger partial charge is 0.490 e. The van der Waals surface area contributed by atoms with Crippen molar-refractivity contribution in [2.45, 2.75) is 57.4 Å². The van der Waals surface area contributed by atoms with Crippen molar-refractivity contribution in [2.24, 2.45) is 5.92 Å². The van der Waals surface area contributed by atoms with E-state index in [1.807, 2.05) is 12.4 Å². The van der Waals surface area contributed by atoms with Crippen LogP contribution in [-0.2, 0) is 4.79 Å². The molecule has 1 saturated carbocycles. The van der Waals surface area contributed by atoms with E-state index >= 15 is 0 Å². The summed E-state index contributed by atoms with van der Waals surface area (Å²) in [6.07, 6.45) is 10.4.